The highest BCUT2D eigenvalue weighted by Crippen LogP contribution is 2.26. The summed E-state index contributed by atoms with van der Waals surface area (Å²) in [6, 6.07) is 59.5. The van der Waals surface area contributed by atoms with Crippen molar-refractivity contribution in [1.29, 1.82) is 0 Å². The number of rotatable bonds is 27. The Labute approximate surface area is 665 Å². The van der Waals surface area contributed by atoms with E-state index in [-0.39, 0.29) is 76.6 Å². The molecule has 7 rings (SSSR count). The van der Waals surface area contributed by atoms with Crippen LogP contribution in [0.5, 0.6) is 0 Å². The maximum atomic E-state index is 12.7. The maximum absolute atomic E-state index is 12.7. The smallest absolute Gasteiger partial charge is 0.321 e. The molecule has 17 heteroatoms. The summed E-state index contributed by atoms with van der Waals surface area (Å²) in [5, 5.41) is 9.28. The molecule has 0 saturated carbocycles. The van der Waals surface area contributed by atoms with E-state index in [9.17, 15) is 43.5 Å². The normalized spacial score (nSPS) is 12.0. The van der Waals surface area contributed by atoms with Crippen molar-refractivity contribution in [3.8, 4) is 0 Å². The number of benzene rings is 7. The Kier molecular flexibility index (Phi) is 47.8. The summed E-state index contributed by atoms with van der Waals surface area (Å²) >= 11 is 5.60. The molecule has 0 bridgehead atoms. The van der Waals surface area contributed by atoms with Gasteiger partial charge in [0.1, 0.15) is 48.6 Å². The molecule has 7 aromatic rings. The summed E-state index contributed by atoms with van der Waals surface area (Å²) in [7, 11) is 0. The molecule has 5 unspecified atom stereocenters. The Morgan fingerprint density at radius 2 is 0.645 bits per heavy atom. The first-order valence-electron chi connectivity index (χ1n) is 35.7. The van der Waals surface area contributed by atoms with Gasteiger partial charge in [0.15, 0.2) is 17.8 Å². The first-order valence-corrected chi connectivity index (χ1v) is 36.3. The number of hydrogen-bond acceptors (Lipinski definition) is 15. The summed E-state index contributed by atoms with van der Waals surface area (Å²) in [5.74, 6) is -6.91. The minimum atomic E-state index is -1.17. The van der Waals surface area contributed by atoms with E-state index in [1.165, 1.54) is 11.1 Å². The van der Waals surface area contributed by atoms with Crippen molar-refractivity contribution in [3.05, 3.63) is 262 Å². The van der Waals surface area contributed by atoms with Crippen molar-refractivity contribution in [2.24, 2.45) is 17.8 Å². The lowest BCUT2D eigenvalue weighted by Crippen LogP contribution is -2.35. The van der Waals surface area contributed by atoms with Crippen LogP contribution in [0.25, 0.3) is 12.2 Å². The van der Waals surface area contributed by atoms with Gasteiger partial charge in [-0.25, -0.2) is 0 Å². The summed E-state index contributed by atoms with van der Waals surface area (Å²) in [6.45, 7) is 37.5. The van der Waals surface area contributed by atoms with Crippen molar-refractivity contribution in [2.75, 3.05) is 0 Å². The topological polar surface area (TPSA) is 221 Å². The van der Waals surface area contributed by atoms with E-state index in [2.05, 4.69) is 53.0 Å². The maximum Gasteiger partial charge on any atom is 0.321 e. The first-order chi connectivity index (χ1) is 49.8. The van der Waals surface area contributed by atoms with Crippen LogP contribution in [-0.4, -0.2) is 75.3 Å². The van der Waals surface area contributed by atoms with Gasteiger partial charge in [-0.15, -0.1) is 11.6 Å². The van der Waals surface area contributed by atoms with Crippen molar-refractivity contribution >= 4 is 71.5 Å². The molecule has 0 amide bonds. The lowest BCUT2D eigenvalue weighted by Gasteiger charge is -2.23. The van der Waals surface area contributed by atoms with Crippen molar-refractivity contribution in [2.45, 2.75) is 239 Å². The molecule has 0 aromatic heterocycles. The van der Waals surface area contributed by atoms with Gasteiger partial charge in [0.05, 0.1) is 0 Å². The Morgan fingerprint density at radius 1 is 0.373 bits per heavy atom. The first kappa shape index (κ1) is 102. The molecule has 0 spiro atoms. The van der Waals surface area contributed by atoms with Crippen molar-refractivity contribution in [1.82, 2.24) is 0 Å². The molecule has 0 saturated heterocycles. The summed E-state index contributed by atoms with van der Waals surface area (Å²) in [4.78, 5) is 96.8. The lowest BCUT2D eigenvalue weighted by atomic mass is 9.94. The second-order valence-corrected chi connectivity index (χ2v) is 29.7. The van der Waals surface area contributed by atoms with Crippen LogP contribution in [0.15, 0.2) is 201 Å². The van der Waals surface area contributed by atoms with Gasteiger partial charge in [-0.1, -0.05) is 271 Å². The SMILES string of the molecule is C.C.C.C.C=Cc1ccc(CC(C(=O)OCc2ccccc2)C(=O)OC(C)(C)C)cc1.C=Cc1ccc(CCl)cc1.CC(C)(C)OC(=O)CC(=O)OCc1ccccc1.CCC(C)c1ccc(CC(C(=O)O)C(=O)OC(C)(C)C)cc1.CCC(C)c1ccc(CC(C(=O)OCc2ccccc2)C(=O)OC(C)(C)C)cc1.[HH]. The number of alkyl halides is 1. The zero-order valence-corrected chi connectivity index (χ0v) is 65.6. The zero-order chi connectivity index (χ0) is 79.2. The Bertz CT molecular complexity index is 3830. The summed E-state index contributed by atoms with van der Waals surface area (Å²) < 4.78 is 36.9. The fraction of sp³-hybridized carbons (Fsp3) is 0.419. The monoisotopic (exact) mass is 1540 g/mol. The minimum Gasteiger partial charge on any atom is -0.481 e. The molecule has 16 nitrogen and oxygen atoms in total. The molecule has 7 aromatic carbocycles. The van der Waals surface area contributed by atoms with Gasteiger partial charge in [-0.3, -0.25) is 38.4 Å². The standard InChI is InChI=1S/C25H32O4.C23H26O4.C18H26O4.C14H18O4.C9H9Cl.4CH4.H2/c1-6-18(2)21-14-12-19(13-15-21)16-22(24(27)29-25(3,4)5)23(26)28-17-20-10-8-7-9-11-20;1-5-17-11-13-18(14-12-17)15-20(22(25)27-23(2,3)4)21(24)26-16-19-9-7-6-8-10-19;1-6-12(2)14-9-7-13(8-10-14)11-15(16(19)20)17(21)22-18(3,4)5;1-14(2,3)18-13(16)9-12(15)17-10-11-7-5-4-6-8-11;1-2-8-3-5-9(7-10)6-4-8;;;;;/h7-15,18,22H,6,16-17H2,1-5H3;5-14,20H,1,15-16H2,2-4H3;7-10,12,15H,6,11H2,1-5H3,(H,19,20);4-8H,9-10H2,1-3H3;2-6H,1,7H2;4*1H4;1H. The Morgan fingerprint density at radius 3 is 0.918 bits per heavy atom. The fourth-order valence-electron chi connectivity index (χ4n) is 9.53. The molecule has 0 radical (unpaired) electrons. The van der Waals surface area contributed by atoms with Gasteiger partial charge in [-0.05, 0) is 188 Å². The number of hydrogen-bond donors (Lipinski definition) is 1. The molecule has 0 aliphatic rings. The number of ether oxygens (including phenoxy) is 7. The van der Waals surface area contributed by atoms with E-state index in [0.29, 0.717) is 17.7 Å². The van der Waals surface area contributed by atoms with Crippen LogP contribution in [0, 0.1) is 17.8 Å². The lowest BCUT2D eigenvalue weighted by molar-refractivity contribution is -0.171. The number of aliphatic carboxylic acids is 1. The number of carboxylic acid groups (broad SMARTS) is 1. The van der Waals surface area contributed by atoms with Crippen LogP contribution < -0.4 is 0 Å². The van der Waals surface area contributed by atoms with Gasteiger partial charge >= 0.3 is 47.8 Å². The van der Waals surface area contributed by atoms with E-state index < -0.39 is 87.9 Å². The number of carbonyl (C=O) groups excluding carboxylic acids is 7. The van der Waals surface area contributed by atoms with E-state index in [1.54, 1.807) is 89.2 Å². The molecule has 0 aliphatic carbocycles. The molecule has 0 aliphatic heterocycles. The predicted molar refractivity (Wildman–Crippen MR) is 448 cm³/mol. The number of esters is 7. The molecule has 110 heavy (non-hydrogen) atoms. The molecular weight excluding hydrogens is 1410 g/mol. The second kappa shape index (κ2) is 51.5. The largest absolute Gasteiger partial charge is 0.481 e. The highest BCUT2D eigenvalue weighted by molar-refractivity contribution is 6.17. The molecule has 5 atom stereocenters. The van der Waals surface area contributed by atoms with Gasteiger partial charge in [0.25, 0.3) is 0 Å². The quantitative estimate of drug-likeness (QED) is 0.0219. The van der Waals surface area contributed by atoms with Crippen LogP contribution in [0.2, 0.25) is 0 Å². The van der Waals surface area contributed by atoms with Gasteiger partial charge in [0, 0.05) is 7.31 Å². The number of carboxylic acids is 1. The van der Waals surface area contributed by atoms with E-state index in [4.69, 9.17) is 44.8 Å². The van der Waals surface area contributed by atoms with Gasteiger partial charge in [0.2, 0.25) is 0 Å². The molecule has 0 fully saturated rings. The summed E-state index contributed by atoms with van der Waals surface area (Å²) in [5.41, 5.74) is 8.30. The van der Waals surface area contributed by atoms with Crippen LogP contribution >= 0.6 is 11.6 Å². The molecule has 1 N–H and O–H groups in total. The number of halogens is 1. The minimum absolute atomic E-state index is 0. The third-order valence-electron chi connectivity index (χ3n) is 15.6. The molecule has 0 heterocycles. The van der Waals surface area contributed by atoms with E-state index in [0.717, 1.165) is 62.9 Å². The summed E-state index contributed by atoms with van der Waals surface area (Å²) in [6.07, 6.45) is 5.93. The van der Waals surface area contributed by atoms with Gasteiger partial charge < -0.3 is 38.3 Å². The number of carbonyl (C=O) groups is 8. The highest BCUT2D eigenvalue weighted by Gasteiger charge is 2.35. The highest BCUT2D eigenvalue weighted by atomic mass is 35.5. The van der Waals surface area contributed by atoms with Crippen molar-refractivity contribution in [3.63, 3.8) is 0 Å². The molecule has 604 valence electrons. The molecular formula is C93H129ClO16. The van der Waals surface area contributed by atoms with Crippen LogP contribution in [0.4, 0.5) is 0 Å². The Balaban J connectivity index is -0.00000134. The third kappa shape index (κ3) is 42.7. The van der Waals surface area contributed by atoms with E-state index >= 15 is 0 Å². The van der Waals surface area contributed by atoms with Crippen LogP contribution in [-0.2, 0) is 116 Å². The third-order valence-corrected chi connectivity index (χ3v) is 15.9. The van der Waals surface area contributed by atoms with Crippen LogP contribution in [0.1, 0.15) is 234 Å². The second-order valence-electron chi connectivity index (χ2n) is 29.4. The average Bonchev–Trinajstić information content (AvgIpc) is 0.858. The average molecular weight is 1540 g/mol. The van der Waals surface area contributed by atoms with E-state index in [1.807, 2.05) is 182 Å². The zero-order valence-electron chi connectivity index (χ0n) is 64.9. The predicted octanol–water partition coefficient (Wildman–Crippen LogP) is 22.1. The van der Waals surface area contributed by atoms with Crippen molar-refractivity contribution < 1.29 is 78.0 Å². The van der Waals surface area contributed by atoms with Crippen LogP contribution in [0.3, 0.4) is 0 Å². The van der Waals surface area contributed by atoms with Gasteiger partial charge in [-0.2, -0.15) is 0 Å². The fourth-order valence-corrected chi connectivity index (χ4v) is 9.71. The Hall–Kier alpha value is -9.93.